The summed E-state index contributed by atoms with van der Waals surface area (Å²) in [5, 5.41) is 0. The van der Waals surface area contributed by atoms with Gasteiger partial charge in [0.25, 0.3) is 5.91 Å². The van der Waals surface area contributed by atoms with Crippen LogP contribution in [0.25, 0.3) is 0 Å². The highest BCUT2D eigenvalue weighted by molar-refractivity contribution is 5.85. The standard InChI is InChI=1S/C21H24N2O6/c1-2-26-15-8-3-4-9-16(15)27-13-7-12-20(24)22-23-21(25)19-14-28-17-10-5-6-11-18(17)29-19/h3-6,8-11,19H,2,7,12-14H2,1H3,(H,22,24)(H,23,25)/t19-/m0/s1. The molecule has 0 aromatic heterocycles. The maximum absolute atomic E-state index is 12.2. The Kier molecular flexibility index (Phi) is 7.16. The minimum absolute atomic E-state index is 0.0752. The van der Waals surface area contributed by atoms with Crippen molar-refractivity contribution in [1.82, 2.24) is 10.9 Å². The maximum atomic E-state index is 12.2. The molecule has 1 aliphatic rings. The van der Waals surface area contributed by atoms with Crippen molar-refractivity contribution in [1.29, 1.82) is 0 Å². The van der Waals surface area contributed by atoms with Gasteiger partial charge in [0, 0.05) is 6.42 Å². The van der Waals surface area contributed by atoms with E-state index in [4.69, 9.17) is 18.9 Å². The van der Waals surface area contributed by atoms with Gasteiger partial charge in [-0.2, -0.15) is 0 Å². The summed E-state index contributed by atoms with van der Waals surface area (Å²) in [4.78, 5) is 24.1. The molecule has 0 saturated carbocycles. The fraction of sp³-hybridized carbons (Fsp3) is 0.333. The van der Waals surface area contributed by atoms with Crippen molar-refractivity contribution in [2.45, 2.75) is 25.9 Å². The SMILES string of the molecule is CCOc1ccccc1OCCCC(=O)NNC(=O)[C@@H]1COc2ccccc2O1. The molecular weight excluding hydrogens is 376 g/mol. The lowest BCUT2D eigenvalue weighted by Crippen LogP contribution is -2.50. The van der Waals surface area contributed by atoms with Crippen LogP contribution in [0.3, 0.4) is 0 Å². The second-order valence-electron chi connectivity index (χ2n) is 6.23. The first-order chi connectivity index (χ1) is 14.2. The molecule has 0 fully saturated rings. The molecule has 8 nitrogen and oxygen atoms in total. The fourth-order valence-electron chi connectivity index (χ4n) is 2.68. The number of carbonyl (C=O) groups is 2. The van der Waals surface area contributed by atoms with Gasteiger partial charge >= 0.3 is 0 Å². The van der Waals surface area contributed by atoms with Crippen molar-refractivity contribution in [3.05, 3.63) is 48.5 Å². The molecule has 2 N–H and O–H groups in total. The van der Waals surface area contributed by atoms with E-state index >= 15 is 0 Å². The van der Waals surface area contributed by atoms with E-state index in [9.17, 15) is 9.59 Å². The second kappa shape index (κ2) is 10.2. The summed E-state index contributed by atoms with van der Waals surface area (Å²) in [6.45, 7) is 2.87. The van der Waals surface area contributed by atoms with Crippen LogP contribution in [0.1, 0.15) is 19.8 Å². The molecule has 2 aromatic rings. The Labute approximate surface area is 169 Å². The third kappa shape index (κ3) is 5.78. The Bertz CT molecular complexity index is 841. The second-order valence-corrected chi connectivity index (χ2v) is 6.23. The first kappa shape index (κ1) is 20.3. The van der Waals surface area contributed by atoms with E-state index in [1.54, 1.807) is 18.2 Å². The van der Waals surface area contributed by atoms with E-state index in [1.165, 1.54) is 0 Å². The Morgan fingerprint density at radius 1 is 1.00 bits per heavy atom. The smallest absolute Gasteiger partial charge is 0.283 e. The zero-order chi connectivity index (χ0) is 20.5. The number of benzene rings is 2. The van der Waals surface area contributed by atoms with Crippen LogP contribution < -0.4 is 29.8 Å². The molecular formula is C21H24N2O6. The Morgan fingerprint density at radius 2 is 1.69 bits per heavy atom. The summed E-state index contributed by atoms with van der Waals surface area (Å²) in [6.07, 6.45) is -0.149. The summed E-state index contributed by atoms with van der Waals surface area (Å²) in [5.41, 5.74) is 4.74. The molecule has 0 radical (unpaired) electrons. The number of hydrogen-bond acceptors (Lipinski definition) is 6. The predicted molar refractivity (Wildman–Crippen MR) is 105 cm³/mol. The monoisotopic (exact) mass is 400 g/mol. The molecule has 0 unspecified atom stereocenters. The topological polar surface area (TPSA) is 95.1 Å². The lowest BCUT2D eigenvalue weighted by atomic mass is 10.2. The van der Waals surface area contributed by atoms with Crippen molar-refractivity contribution in [3.63, 3.8) is 0 Å². The van der Waals surface area contributed by atoms with Crippen LogP contribution in [-0.2, 0) is 9.59 Å². The van der Waals surface area contributed by atoms with Crippen molar-refractivity contribution in [2.24, 2.45) is 0 Å². The summed E-state index contributed by atoms with van der Waals surface area (Å²) in [6, 6.07) is 14.5. The molecule has 1 heterocycles. The van der Waals surface area contributed by atoms with Gasteiger partial charge in [-0.3, -0.25) is 20.4 Å². The Balaban J connectivity index is 1.35. The molecule has 1 aliphatic heterocycles. The van der Waals surface area contributed by atoms with E-state index < -0.39 is 12.0 Å². The van der Waals surface area contributed by atoms with Gasteiger partial charge in [0.15, 0.2) is 23.0 Å². The van der Waals surface area contributed by atoms with E-state index in [2.05, 4.69) is 10.9 Å². The molecule has 1 atom stereocenters. The number of rotatable bonds is 8. The fourth-order valence-corrected chi connectivity index (χ4v) is 2.68. The number of ether oxygens (including phenoxy) is 4. The normalized spacial score (nSPS) is 14.6. The van der Waals surface area contributed by atoms with Crippen LogP contribution >= 0.6 is 0 Å². The number of amides is 2. The highest BCUT2D eigenvalue weighted by Gasteiger charge is 2.27. The lowest BCUT2D eigenvalue weighted by Gasteiger charge is -2.25. The van der Waals surface area contributed by atoms with Crippen molar-refractivity contribution in [3.8, 4) is 23.0 Å². The van der Waals surface area contributed by atoms with E-state index in [1.807, 2.05) is 37.3 Å². The van der Waals surface area contributed by atoms with E-state index in [-0.39, 0.29) is 18.9 Å². The number of para-hydroxylation sites is 4. The lowest BCUT2D eigenvalue weighted by molar-refractivity contribution is -0.135. The van der Waals surface area contributed by atoms with Crippen molar-refractivity contribution in [2.75, 3.05) is 19.8 Å². The van der Waals surface area contributed by atoms with Crippen molar-refractivity contribution >= 4 is 11.8 Å². The molecule has 3 rings (SSSR count). The van der Waals surface area contributed by atoms with Gasteiger partial charge in [-0.1, -0.05) is 24.3 Å². The van der Waals surface area contributed by atoms with E-state index in [0.29, 0.717) is 42.6 Å². The van der Waals surface area contributed by atoms with E-state index in [0.717, 1.165) is 0 Å². The van der Waals surface area contributed by atoms with Gasteiger partial charge in [0.2, 0.25) is 12.0 Å². The molecule has 0 saturated heterocycles. The number of hydrogen-bond donors (Lipinski definition) is 2. The summed E-state index contributed by atoms with van der Waals surface area (Å²) in [5.74, 6) is 1.59. The van der Waals surface area contributed by atoms with Crippen LogP contribution in [0.2, 0.25) is 0 Å². The summed E-state index contributed by atoms with van der Waals surface area (Å²) >= 11 is 0. The first-order valence-electron chi connectivity index (χ1n) is 9.49. The summed E-state index contributed by atoms with van der Waals surface area (Å²) in [7, 11) is 0. The predicted octanol–water partition coefficient (Wildman–Crippen LogP) is 2.23. The number of carbonyl (C=O) groups excluding carboxylic acids is 2. The van der Waals surface area contributed by atoms with Crippen molar-refractivity contribution < 1.29 is 28.5 Å². The van der Waals surface area contributed by atoms with Crippen LogP contribution in [0, 0.1) is 0 Å². The molecule has 29 heavy (non-hydrogen) atoms. The molecule has 8 heteroatoms. The average molecular weight is 400 g/mol. The zero-order valence-corrected chi connectivity index (χ0v) is 16.2. The van der Waals surface area contributed by atoms with Crippen LogP contribution in [0.4, 0.5) is 0 Å². The molecule has 154 valence electrons. The zero-order valence-electron chi connectivity index (χ0n) is 16.2. The first-order valence-corrected chi connectivity index (χ1v) is 9.49. The van der Waals surface area contributed by atoms with Gasteiger partial charge in [0.05, 0.1) is 13.2 Å². The van der Waals surface area contributed by atoms with Gasteiger partial charge in [-0.25, -0.2) is 0 Å². The van der Waals surface area contributed by atoms with Crippen LogP contribution in [-0.4, -0.2) is 37.7 Å². The van der Waals surface area contributed by atoms with Crippen LogP contribution in [0.5, 0.6) is 23.0 Å². The quantitative estimate of drug-likeness (QED) is 0.521. The minimum atomic E-state index is -0.830. The third-order valence-corrected chi connectivity index (χ3v) is 4.08. The van der Waals surface area contributed by atoms with Gasteiger partial charge in [-0.05, 0) is 37.6 Å². The maximum Gasteiger partial charge on any atom is 0.283 e. The molecule has 2 aromatic carbocycles. The Hall–Kier alpha value is -3.42. The summed E-state index contributed by atoms with van der Waals surface area (Å²) < 4.78 is 22.2. The number of nitrogens with one attached hydrogen (secondary N) is 2. The number of hydrazine groups is 1. The highest BCUT2D eigenvalue weighted by atomic mass is 16.6. The Morgan fingerprint density at radius 3 is 2.45 bits per heavy atom. The average Bonchev–Trinajstić information content (AvgIpc) is 2.76. The number of fused-ring (bicyclic) bond motifs is 1. The largest absolute Gasteiger partial charge is 0.490 e. The molecule has 2 amide bonds. The van der Waals surface area contributed by atoms with Gasteiger partial charge in [0.1, 0.15) is 6.61 Å². The van der Waals surface area contributed by atoms with Gasteiger partial charge in [-0.15, -0.1) is 0 Å². The molecule has 0 aliphatic carbocycles. The van der Waals surface area contributed by atoms with Gasteiger partial charge < -0.3 is 18.9 Å². The highest BCUT2D eigenvalue weighted by Crippen LogP contribution is 2.30. The minimum Gasteiger partial charge on any atom is -0.490 e. The van der Waals surface area contributed by atoms with Crippen LogP contribution in [0.15, 0.2) is 48.5 Å². The third-order valence-electron chi connectivity index (χ3n) is 4.08. The molecule has 0 spiro atoms. The molecule has 0 bridgehead atoms.